The van der Waals surface area contributed by atoms with Crippen LogP contribution in [0.15, 0.2) is 0 Å². The molecule has 1 atom stereocenters. The number of rotatable bonds is 6. The van der Waals surface area contributed by atoms with Crippen LogP contribution in [0.4, 0.5) is 13.2 Å². The number of piperazine rings is 1. The van der Waals surface area contributed by atoms with Crippen LogP contribution in [0, 0.1) is 0 Å². The van der Waals surface area contributed by atoms with Gasteiger partial charge in [-0.15, -0.1) is 0 Å². The molecule has 0 aromatic rings. The van der Waals surface area contributed by atoms with E-state index < -0.39 is 24.8 Å². The van der Waals surface area contributed by atoms with Crippen LogP contribution in [-0.2, 0) is 9.53 Å². The molecule has 0 aliphatic carbocycles. The van der Waals surface area contributed by atoms with Crippen molar-refractivity contribution in [3.8, 4) is 0 Å². The SMILES string of the molecule is CCOC(CN1CCN(CC(F)(F)F)CC1)C(=O)O. The number of carbonyl (C=O) groups is 1. The number of hydrogen-bond acceptors (Lipinski definition) is 4. The lowest BCUT2D eigenvalue weighted by atomic mass is 10.2. The van der Waals surface area contributed by atoms with Gasteiger partial charge in [-0.2, -0.15) is 13.2 Å². The zero-order valence-corrected chi connectivity index (χ0v) is 10.8. The second kappa shape index (κ2) is 7.06. The summed E-state index contributed by atoms with van der Waals surface area (Å²) >= 11 is 0. The smallest absolute Gasteiger partial charge is 0.401 e. The molecule has 1 fully saturated rings. The number of carboxylic acids is 1. The van der Waals surface area contributed by atoms with Gasteiger partial charge in [0.1, 0.15) is 0 Å². The van der Waals surface area contributed by atoms with Crippen LogP contribution in [0.2, 0.25) is 0 Å². The third-order valence-corrected chi connectivity index (χ3v) is 2.94. The Morgan fingerprint density at radius 1 is 1.26 bits per heavy atom. The molecule has 5 nitrogen and oxygen atoms in total. The summed E-state index contributed by atoms with van der Waals surface area (Å²) < 4.78 is 41.7. The number of ether oxygens (including phenoxy) is 1. The Morgan fingerprint density at radius 2 is 1.79 bits per heavy atom. The van der Waals surface area contributed by atoms with Gasteiger partial charge in [-0.25, -0.2) is 4.79 Å². The highest BCUT2D eigenvalue weighted by Crippen LogP contribution is 2.17. The van der Waals surface area contributed by atoms with Crippen molar-refractivity contribution in [3.05, 3.63) is 0 Å². The van der Waals surface area contributed by atoms with Crippen LogP contribution in [0.1, 0.15) is 6.92 Å². The minimum Gasteiger partial charge on any atom is -0.479 e. The molecule has 0 aromatic heterocycles. The molecule has 0 spiro atoms. The predicted octanol–water partition coefficient (Wildman–Crippen LogP) is 0.656. The maximum Gasteiger partial charge on any atom is 0.401 e. The van der Waals surface area contributed by atoms with Crippen molar-refractivity contribution in [2.45, 2.75) is 19.2 Å². The number of carboxylic acid groups (broad SMARTS) is 1. The highest BCUT2D eigenvalue weighted by molar-refractivity contribution is 5.72. The van der Waals surface area contributed by atoms with Gasteiger partial charge in [0, 0.05) is 39.3 Å². The first-order valence-corrected chi connectivity index (χ1v) is 6.17. The quantitative estimate of drug-likeness (QED) is 0.776. The number of alkyl halides is 3. The Balaban J connectivity index is 2.35. The lowest BCUT2D eigenvalue weighted by Gasteiger charge is -2.35. The molecular formula is C11H19F3N2O3. The van der Waals surface area contributed by atoms with E-state index in [1.807, 2.05) is 4.90 Å². The zero-order chi connectivity index (χ0) is 14.5. The first kappa shape index (κ1) is 16.2. The highest BCUT2D eigenvalue weighted by atomic mass is 19.4. The fourth-order valence-corrected chi connectivity index (χ4v) is 2.02. The maximum absolute atomic E-state index is 12.2. The molecule has 0 bridgehead atoms. The normalized spacial score (nSPS) is 20.4. The van der Waals surface area contributed by atoms with Gasteiger partial charge in [0.2, 0.25) is 0 Å². The fourth-order valence-electron chi connectivity index (χ4n) is 2.02. The van der Waals surface area contributed by atoms with Crippen molar-refractivity contribution < 1.29 is 27.8 Å². The van der Waals surface area contributed by atoms with Gasteiger partial charge < -0.3 is 9.84 Å². The Kier molecular flexibility index (Phi) is 6.02. The molecule has 8 heteroatoms. The van der Waals surface area contributed by atoms with Gasteiger partial charge in [0.25, 0.3) is 0 Å². The fraction of sp³-hybridized carbons (Fsp3) is 0.909. The van der Waals surface area contributed by atoms with Crippen LogP contribution in [0.3, 0.4) is 0 Å². The number of nitrogens with zero attached hydrogens (tertiary/aromatic N) is 2. The minimum absolute atomic E-state index is 0.211. The van der Waals surface area contributed by atoms with E-state index in [-0.39, 0.29) is 19.6 Å². The molecule has 0 aromatic carbocycles. The number of halogens is 3. The molecule has 19 heavy (non-hydrogen) atoms. The zero-order valence-electron chi connectivity index (χ0n) is 10.8. The van der Waals surface area contributed by atoms with Crippen molar-refractivity contribution in [1.29, 1.82) is 0 Å². The molecule has 1 aliphatic heterocycles. The molecule has 1 unspecified atom stereocenters. The van der Waals surface area contributed by atoms with Crippen molar-refractivity contribution >= 4 is 5.97 Å². The summed E-state index contributed by atoms with van der Waals surface area (Å²) in [4.78, 5) is 14.1. The molecule has 1 heterocycles. The minimum atomic E-state index is -4.18. The van der Waals surface area contributed by atoms with Gasteiger partial charge in [-0.3, -0.25) is 9.80 Å². The van der Waals surface area contributed by atoms with Gasteiger partial charge in [-0.05, 0) is 6.92 Å². The van der Waals surface area contributed by atoms with Gasteiger partial charge >= 0.3 is 12.1 Å². The third-order valence-electron chi connectivity index (χ3n) is 2.94. The van der Waals surface area contributed by atoms with Crippen LogP contribution in [0.5, 0.6) is 0 Å². The van der Waals surface area contributed by atoms with E-state index in [2.05, 4.69) is 0 Å². The van der Waals surface area contributed by atoms with E-state index >= 15 is 0 Å². The largest absolute Gasteiger partial charge is 0.479 e. The Bertz CT molecular complexity index is 291. The summed E-state index contributed by atoms with van der Waals surface area (Å²) in [5, 5.41) is 8.93. The molecule has 1 saturated heterocycles. The van der Waals surface area contributed by atoms with Crippen molar-refractivity contribution in [2.24, 2.45) is 0 Å². The average Bonchev–Trinajstić information content (AvgIpc) is 2.29. The summed E-state index contributed by atoms with van der Waals surface area (Å²) in [6, 6.07) is 0. The highest BCUT2D eigenvalue weighted by Gasteiger charge is 2.32. The summed E-state index contributed by atoms with van der Waals surface area (Å²) in [6.45, 7) is 2.73. The van der Waals surface area contributed by atoms with Crippen LogP contribution in [0.25, 0.3) is 0 Å². The maximum atomic E-state index is 12.2. The summed E-state index contributed by atoms with van der Waals surface area (Å²) in [6.07, 6.45) is -5.10. The van der Waals surface area contributed by atoms with Crippen LogP contribution < -0.4 is 0 Å². The molecule has 0 radical (unpaired) electrons. The molecule has 0 amide bonds. The lowest BCUT2D eigenvalue weighted by molar-refractivity contribution is -0.154. The first-order valence-electron chi connectivity index (χ1n) is 6.17. The summed E-state index contributed by atoms with van der Waals surface area (Å²) in [5.41, 5.74) is 0. The Morgan fingerprint density at radius 3 is 2.21 bits per heavy atom. The van der Waals surface area contributed by atoms with E-state index in [1.54, 1.807) is 6.92 Å². The summed E-state index contributed by atoms with van der Waals surface area (Å²) in [5.74, 6) is -1.04. The van der Waals surface area contributed by atoms with E-state index in [9.17, 15) is 18.0 Å². The van der Waals surface area contributed by atoms with Crippen LogP contribution in [-0.4, -0.2) is 79.0 Å². The predicted molar refractivity (Wildman–Crippen MR) is 62.0 cm³/mol. The second-order valence-electron chi connectivity index (χ2n) is 4.47. The average molecular weight is 284 g/mol. The number of aliphatic carboxylic acids is 1. The lowest BCUT2D eigenvalue weighted by Crippen LogP contribution is -2.51. The summed E-state index contributed by atoms with van der Waals surface area (Å²) in [7, 11) is 0. The van der Waals surface area contributed by atoms with E-state index in [1.165, 1.54) is 4.90 Å². The topological polar surface area (TPSA) is 53.0 Å². The van der Waals surface area contributed by atoms with Crippen molar-refractivity contribution in [1.82, 2.24) is 9.80 Å². The van der Waals surface area contributed by atoms with E-state index in [4.69, 9.17) is 9.84 Å². The molecule has 1 rings (SSSR count). The van der Waals surface area contributed by atoms with Crippen LogP contribution >= 0.6 is 0 Å². The Hall–Kier alpha value is -0.860. The number of hydrogen-bond donors (Lipinski definition) is 1. The monoisotopic (exact) mass is 284 g/mol. The van der Waals surface area contributed by atoms with Crippen molar-refractivity contribution in [2.75, 3.05) is 45.9 Å². The molecule has 0 saturated carbocycles. The van der Waals surface area contributed by atoms with Gasteiger partial charge in [-0.1, -0.05) is 0 Å². The van der Waals surface area contributed by atoms with Gasteiger partial charge in [0.15, 0.2) is 6.10 Å². The molecular weight excluding hydrogens is 265 g/mol. The Labute approximate surface area is 109 Å². The standard InChI is InChI=1S/C11H19F3N2O3/c1-2-19-9(10(17)18)7-15-3-5-16(6-4-15)8-11(12,13)14/h9H,2-8H2,1H3,(H,17,18). The molecule has 112 valence electrons. The van der Waals surface area contributed by atoms with Crippen molar-refractivity contribution in [3.63, 3.8) is 0 Å². The molecule has 1 aliphatic rings. The van der Waals surface area contributed by atoms with E-state index in [0.29, 0.717) is 19.7 Å². The van der Waals surface area contributed by atoms with E-state index in [0.717, 1.165) is 0 Å². The second-order valence-corrected chi connectivity index (χ2v) is 4.47. The first-order chi connectivity index (χ1) is 8.81. The van der Waals surface area contributed by atoms with Gasteiger partial charge in [0.05, 0.1) is 6.54 Å². The third kappa shape index (κ3) is 6.22. The molecule has 1 N–H and O–H groups in total.